The van der Waals surface area contributed by atoms with Crippen molar-refractivity contribution in [3.05, 3.63) is 0 Å². The lowest BCUT2D eigenvalue weighted by atomic mass is 10.4. The van der Waals surface area contributed by atoms with E-state index in [1.54, 1.807) is 7.05 Å². The van der Waals surface area contributed by atoms with E-state index >= 15 is 0 Å². The van der Waals surface area contributed by atoms with E-state index < -0.39 is 0 Å². The number of carbonyl (C=O) groups excluding carboxylic acids is 1. The summed E-state index contributed by atoms with van der Waals surface area (Å²) in [7, 11) is 1.64. The van der Waals surface area contributed by atoms with Gasteiger partial charge < -0.3 is 10.2 Å². The highest BCUT2D eigenvalue weighted by Gasteiger charge is 2.16. The molecule has 1 saturated heterocycles. The number of rotatable bonds is 0. The second-order valence-corrected chi connectivity index (χ2v) is 2.82. The third-order valence-electron chi connectivity index (χ3n) is 1.90. The number of hydrogen-bond donors (Lipinski definition) is 3. The van der Waals surface area contributed by atoms with Crippen LogP contribution in [0.2, 0.25) is 0 Å². The van der Waals surface area contributed by atoms with Crippen LogP contribution in [0.5, 0.6) is 0 Å². The van der Waals surface area contributed by atoms with E-state index in [9.17, 15) is 4.79 Å². The Morgan fingerprint density at radius 1 is 1.77 bits per heavy atom. The maximum Gasteiger partial charge on any atom is 0.239 e. The minimum absolute atomic E-state index is 0.00824. The minimum Gasteiger partial charge on any atom is -0.354 e. The Morgan fingerprint density at radius 3 is 3.15 bits per heavy atom. The van der Waals surface area contributed by atoms with Crippen molar-refractivity contribution < 1.29 is 4.79 Å². The fraction of sp³-hybridized carbons (Fsp3) is 0.714. The Kier molecular flexibility index (Phi) is 3.51. The van der Waals surface area contributed by atoms with Gasteiger partial charge in [0, 0.05) is 20.1 Å². The van der Waals surface area contributed by atoms with Gasteiger partial charge in [0.05, 0.1) is 6.54 Å². The van der Waals surface area contributed by atoms with Crippen LogP contribution in [-0.2, 0) is 4.79 Å². The van der Waals surface area contributed by atoms with Crippen LogP contribution in [0.4, 0.5) is 0 Å². The van der Waals surface area contributed by atoms with Crippen LogP contribution < -0.4 is 16.6 Å². The zero-order chi connectivity index (χ0) is 9.68. The summed E-state index contributed by atoms with van der Waals surface area (Å²) in [5.41, 5.74) is 2.47. The van der Waals surface area contributed by atoms with Crippen LogP contribution in [0.1, 0.15) is 6.42 Å². The van der Waals surface area contributed by atoms with Crippen LogP contribution in [0.15, 0.2) is 4.99 Å². The van der Waals surface area contributed by atoms with Gasteiger partial charge >= 0.3 is 0 Å². The van der Waals surface area contributed by atoms with E-state index in [2.05, 4.69) is 15.7 Å². The van der Waals surface area contributed by atoms with Gasteiger partial charge in [0.1, 0.15) is 0 Å². The lowest BCUT2D eigenvalue weighted by Gasteiger charge is -2.21. The molecule has 0 radical (unpaired) electrons. The molecule has 1 aliphatic rings. The van der Waals surface area contributed by atoms with Crippen molar-refractivity contribution in [3.63, 3.8) is 0 Å². The van der Waals surface area contributed by atoms with Crippen molar-refractivity contribution in [2.24, 2.45) is 10.8 Å². The third kappa shape index (κ3) is 2.59. The molecule has 0 saturated carbocycles. The van der Waals surface area contributed by atoms with Gasteiger partial charge in [-0.1, -0.05) is 0 Å². The molecule has 1 amide bonds. The van der Waals surface area contributed by atoms with Gasteiger partial charge in [-0.15, -0.1) is 0 Å². The van der Waals surface area contributed by atoms with E-state index in [1.807, 2.05) is 4.90 Å². The average Bonchev–Trinajstić information content (AvgIpc) is 2.32. The molecule has 0 aromatic heterocycles. The van der Waals surface area contributed by atoms with Crippen LogP contribution in [-0.4, -0.2) is 43.4 Å². The number of nitrogens with two attached hydrogens (primary N) is 1. The smallest absolute Gasteiger partial charge is 0.239 e. The third-order valence-corrected chi connectivity index (χ3v) is 1.90. The topological polar surface area (TPSA) is 82.8 Å². The van der Waals surface area contributed by atoms with Gasteiger partial charge in [-0.2, -0.15) is 0 Å². The SMILES string of the molecule is CN=C(NN)N1CCCNC(=O)C1. The Morgan fingerprint density at radius 2 is 2.54 bits per heavy atom. The van der Waals surface area contributed by atoms with E-state index in [0.29, 0.717) is 12.5 Å². The Labute approximate surface area is 77.1 Å². The molecule has 13 heavy (non-hydrogen) atoms. The van der Waals surface area contributed by atoms with Crippen LogP contribution in [0, 0.1) is 0 Å². The van der Waals surface area contributed by atoms with Crippen LogP contribution in [0.25, 0.3) is 0 Å². The molecule has 6 nitrogen and oxygen atoms in total. The van der Waals surface area contributed by atoms with Crippen molar-refractivity contribution in [1.29, 1.82) is 0 Å². The first-order valence-electron chi connectivity index (χ1n) is 4.23. The molecular weight excluding hydrogens is 170 g/mol. The molecule has 0 aromatic rings. The van der Waals surface area contributed by atoms with Gasteiger partial charge in [0.15, 0.2) is 0 Å². The summed E-state index contributed by atoms with van der Waals surface area (Å²) < 4.78 is 0. The van der Waals surface area contributed by atoms with E-state index in [1.165, 1.54) is 0 Å². The summed E-state index contributed by atoms with van der Waals surface area (Å²) in [6.07, 6.45) is 0.909. The standard InChI is InChI=1S/C7H15N5O/c1-9-7(11-8)12-4-2-3-10-6(13)5-12/h2-5,8H2,1H3,(H,9,11)(H,10,13). The molecule has 0 unspecified atom stereocenters. The summed E-state index contributed by atoms with van der Waals surface area (Å²) in [6, 6.07) is 0. The number of nitrogens with one attached hydrogen (secondary N) is 2. The summed E-state index contributed by atoms with van der Waals surface area (Å²) in [5.74, 6) is 5.82. The van der Waals surface area contributed by atoms with Crippen molar-refractivity contribution in [1.82, 2.24) is 15.6 Å². The first-order valence-corrected chi connectivity index (χ1v) is 4.23. The molecule has 0 aromatic carbocycles. The molecule has 4 N–H and O–H groups in total. The maximum atomic E-state index is 11.2. The Hall–Kier alpha value is -1.30. The van der Waals surface area contributed by atoms with Gasteiger partial charge in [-0.25, -0.2) is 5.84 Å². The predicted molar refractivity (Wildman–Crippen MR) is 49.9 cm³/mol. The van der Waals surface area contributed by atoms with Gasteiger partial charge in [0.25, 0.3) is 0 Å². The van der Waals surface area contributed by atoms with Crippen molar-refractivity contribution in [3.8, 4) is 0 Å². The lowest BCUT2D eigenvalue weighted by Crippen LogP contribution is -2.47. The molecule has 74 valence electrons. The fourth-order valence-electron chi connectivity index (χ4n) is 1.28. The number of nitrogens with zero attached hydrogens (tertiary/aromatic N) is 2. The van der Waals surface area contributed by atoms with Crippen molar-refractivity contribution >= 4 is 11.9 Å². The molecule has 1 heterocycles. The van der Waals surface area contributed by atoms with Crippen molar-refractivity contribution in [2.45, 2.75) is 6.42 Å². The van der Waals surface area contributed by atoms with Crippen LogP contribution in [0.3, 0.4) is 0 Å². The molecule has 1 fully saturated rings. The van der Waals surface area contributed by atoms with E-state index in [0.717, 1.165) is 19.5 Å². The zero-order valence-corrected chi connectivity index (χ0v) is 7.71. The van der Waals surface area contributed by atoms with Gasteiger partial charge in [-0.3, -0.25) is 15.2 Å². The minimum atomic E-state index is 0.00824. The lowest BCUT2D eigenvalue weighted by molar-refractivity contribution is -0.120. The monoisotopic (exact) mass is 185 g/mol. The van der Waals surface area contributed by atoms with Gasteiger partial charge in [-0.05, 0) is 6.42 Å². The average molecular weight is 185 g/mol. The molecule has 0 aliphatic carbocycles. The summed E-state index contributed by atoms with van der Waals surface area (Å²) in [5, 5.41) is 2.77. The zero-order valence-electron chi connectivity index (χ0n) is 7.71. The highest BCUT2D eigenvalue weighted by atomic mass is 16.2. The Balaban J connectivity index is 2.61. The van der Waals surface area contributed by atoms with E-state index in [-0.39, 0.29) is 5.91 Å². The van der Waals surface area contributed by atoms with Crippen LogP contribution >= 0.6 is 0 Å². The summed E-state index contributed by atoms with van der Waals surface area (Å²) in [4.78, 5) is 16.9. The number of amides is 1. The molecule has 1 rings (SSSR count). The van der Waals surface area contributed by atoms with Crippen molar-refractivity contribution in [2.75, 3.05) is 26.7 Å². The number of hydrazine groups is 1. The first-order chi connectivity index (χ1) is 6.27. The highest BCUT2D eigenvalue weighted by Crippen LogP contribution is 1.95. The largest absolute Gasteiger partial charge is 0.354 e. The highest BCUT2D eigenvalue weighted by molar-refractivity contribution is 5.86. The Bertz CT molecular complexity index is 215. The predicted octanol–water partition coefficient (Wildman–Crippen LogP) is -1.74. The molecule has 0 atom stereocenters. The number of hydrogen-bond acceptors (Lipinski definition) is 3. The maximum absolute atomic E-state index is 11.2. The molecule has 0 bridgehead atoms. The summed E-state index contributed by atoms with van der Waals surface area (Å²) in [6.45, 7) is 1.82. The normalized spacial score (nSPS) is 19.4. The quantitative estimate of drug-likeness (QED) is 0.181. The molecule has 0 spiro atoms. The summed E-state index contributed by atoms with van der Waals surface area (Å²) >= 11 is 0. The molecular formula is C7H15N5O. The second kappa shape index (κ2) is 4.66. The van der Waals surface area contributed by atoms with Gasteiger partial charge in [0.2, 0.25) is 11.9 Å². The fourth-order valence-corrected chi connectivity index (χ4v) is 1.28. The number of guanidine groups is 1. The second-order valence-electron chi connectivity index (χ2n) is 2.82. The number of aliphatic imine (C=N–C) groups is 1. The number of carbonyl (C=O) groups is 1. The van der Waals surface area contributed by atoms with E-state index in [4.69, 9.17) is 5.84 Å². The molecule has 1 aliphatic heterocycles. The molecule has 6 heteroatoms. The first kappa shape index (κ1) is 9.79.